The molecule has 6 heteroatoms. The van der Waals surface area contributed by atoms with Gasteiger partial charge < -0.3 is 5.32 Å². The van der Waals surface area contributed by atoms with Gasteiger partial charge >= 0.3 is 0 Å². The number of nitrogens with zero attached hydrogens (tertiary/aromatic N) is 1. The summed E-state index contributed by atoms with van der Waals surface area (Å²) in [5.41, 5.74) is 0. The van der Waals surface area contributed by atoms with Crippen molar-refractivity contribution in [3.63, 3.8) is 0 Å². The maximum Gasteiger partial charge on any atom is 0.252 e. The van der Waals surface area contributed by atoms with E-state index in [1.807, 2.05) is 6.07 Å². The standard InChI is InChI=1S/C15H26N2O2S2/c1-3-16-12-11-14-9-10-15(20-14)21(18,19)17(2)13-7-5-4-6-8-13/h9-10,13,16H,3-8,11-12H2,1-2H3. The molecule has 0 aromatic carbocycles. The molecule has 2 rings (SSSR count). The molecular weight excluding hydrogens is 304 g/mol. The molecule has 120 valence electrons. The van der Waals surface area contributed by atoms with Gasteiger partial charge in [0.15, 0.2) is 0 Å². The molecule has 1 fully saturated rings. The van der Waals surface area contributed by atoms with Crippen LogP contribution < -0.4 is 5.32 Å². The van der Waals surface area contributed by atoms with Gasteiger partial charge in [-0.3, -0.25) is 0 Å². The van der Waals surface area contributed by atoms with Crippen molar-refractivity contribution in [2.75, 3.05) is 20.1 Å². The molecule has 0 amide bonds. The minimum Gasteiger partial charge on any atom is -0.317 e. The number of rotatable bonds is 7. The summed E-state index contributed by atoms with van der Waals surface area (Å²) in [6, 6.07) is 3.89. The highest BCUT2D eigenvalue weighted by Gasteiger charge is 2.30. The lowest BCUT2D eigenvalue weighted by Gasteiger charge is -2.29. The van der Waals surface area contributed by atoms with Gasteiger partial charge in [0.25, 0.3) is 10.0 Å². The van der Waals surface area contributed by atoms with Gasteiger partial charge in [0.1, 0.15) is 4.21 Å². The molecule has 21 heavy (non-hydrogen) atoms. The van der Waals surface area contributed by atoms with E-state index < -0.39 is 10.0 Å². The lowest BCUT2D eigenvalue weighted by atomic mass is 9.96. The fraction of sp³-hybridized carbons (Fsp3) is 0.733. The summed E-state index contributed by atoms with van der Waals surface area (Å²) in [5.74, 6) is 0. The number of likely N-dealkylation sites (N-methyl/N-ethyl adjacent to an activating group) is 1. The molecule has 1 heterocycles. The Morgan fingerprint density at radius 1 is 1.29 bits per heavy atom. The largest absolute Gasteiger partial charge is 0.317 e. The van der Waals surface area contributed by atoms with Crippen LogP contribution in [0.25, 0.3) is 0 Å². The Morgan fingerprint density at radius 2 is 2.00 bits per heavy atom. The van der Waals surface area contributed by atoms with E-state index in [1.54, 1.807) is 17.4 Å². The Labute approximate surface area is 132 Å². The van der Waals surface area contributed by atoms with Gasteiger partial charge in [0.05, 0.1) is 0 Å². The lowest BCUT2D eigenvalue weighted by molar-refractivity contribution is 0.286. The molecule has 0 unspecified atom stereocenters. The second-order valence-electron chi connectivity index (χ2n) is 5.64. The van der Waals surface area contributed by atoms with E-state index in [0.717, 1.165) is 50.1 Å². The first-order valence-electron chi connectivity index (χ1n) is 7.83. The predicted molar refractivity (Wildman–Crippen MR) is 88.4 cm³/mol. The van der Waals surface area contributed by atoms with Crippen molar-refractivity contribution in [2.24, 2.45) is 0 Å². The van der Waals surface area contributed by atoms with Crippen molar-refractivity contribution in [3.8, 4) is 0 Å². The van der Waals surface area contributed by atoms with Gasteiger partial charge in [-0.1, -0.05) is 26.2 Å². The minimum atomic E-state index is -3.32. The zero-order valence-electron chi connectivity index (χ0n) is 13.0. The van der Waals surface area contributed by atoms with Gasteiger partial charge in [-0.15, -0.1) is 11.3 Å². The molecular formula is C15H26N2O2S2. The molecule has 0 radical (unpaired) electrons. The average molecular weight is 331 g/mol. The van der Waals surface area contributed by atoms with E-state index in [-0.39, 0.29) is 6.04 Å². The van der Waals surface area contributed by atoms with E-state index >= 15 is 0 Å². The first-order valence-corrected chi connectivity index (χ1v) is 10.1. The molecule has 0 aliphatic heterocycles. The van der Waals surface area contributed by atoms with E-state index in [4.69, 9.17) is 0 Å². The van der Waals surface area contributed by atoms with Crippen LogP contribution in [-0.4, -0.2) is 38.9 Å². The molecule has 1 N–H and O–H groups in total. The van der Waals surface area contributed by atoms with Gasteiger partial charge in [0, 0.05) is 18.0 Å². The quantitative estimate of drug-likeness (QED) is 0.782. The summed E-state index contributed by atoms with van der Waals surface area (Å²) in [7, 11) is -1.58. The maximum atomic E-state index is 12.7. The van der Waals surface area contributed by atoms with Crippen LogP contribution in [-0.2, 0) is 16.4 Å². The Hall–Kier alpha value is -0.430. The van der Waals surface area contributed by atoms with Crippen molar-refractivity contribution in [1.82, 2.24) is 9.62 Å². The molecule has 4 nitrogen and oxygen atoms in total. The van der Waals surface area contributed by atoms with Crippen LogP contribution in [0.1, 0.15) is 43.9 Å². The number of hydrogen-bond donors (Lipinski definition) is 1. The first-order chi connectivity index (χ1) is 10.1. The Morgan fingerprint density at radius 3 is 2.67 bits per heavy atom. The number of thiophene rings is 1. The molecule has 0 saturated heterocycles. The van der Waals surface area contributed by atoms with E-state index in [9.17, 15) is 8.42 Å². The van der Waals surface area contributed by atoms with E-state index in [1.165, 1.54) is 17.8 Å². The summed E-state index contributed by atoms with van der Waals surface area (Å²) in [5, 5.41) is 3.27. The van der Waals surface area contributed by atoms with Crippen LogP contribution in [0.5, 0.6) is 0 Å². The second kappa shape index (κ2) is 7.72. The summed E-state index contributed by atoms with van der Waals surface area (Å²) in [4.78, 5) is 1.13. The monoisotopic (exact) mass is 330 g/mol. The summed E-state index contributed by atoms with van der Waals surface area (Å²) in [6.45, 7) is 3.92. The molecule has 1 aliphatic carbocycles. The van der Waals surface area contributed by atoms with Crippen molar-refractivity contribution < 1.29 is 8.42 Å². The van der Waals surface area contributed by atoms with Crippen LogP contribution in [0.3, 0.4) is 0 Å². The molecule has 0 atom stereocenters. The maximum absolute atomic E-state index is 12.7. The van der Waals surface area contributed by atoms with Gasteiger partial charge in [-0.05, 0) is 44.5 Å². The summed E-state index contributed by atoms with van der Waals surface area (Å²) in [6.07, 6.45) is 6.40. The van der Waals surface area contributed by atoms with Gasteiger partial charge in [-0.25, -0.2) is 8.42 Å². The third-order valence-corrected chi connectivity index (χ3v) is 7.68. The molecule has 1 aliphatic rings. The van der Waals surface area contributed by atoms with Crippen LogP contribution in [0, 0.1) is 0 Å². The third-order valence-electron chi connectivity index (χ3n) is 4.16. The Balaban J connectivity index is 2.04. The highest BCUT2D eigenvalue weighted by atomic mass is 32.2. The van der Waals surface area contributed by atoms with Crippen molar-refractivity contribution >= 4 is 21.4 Å². The highest BCUT2D eigenvalue weighted by molar-refractivity contribution is 7.91. The number of hydrogen-bond acceptors (Lipinski definition) is 4. The first kappa shape index (κ1) is 16.9. The van der Waals surface area contributed by atoms with Crippen LogP contribution in [0.15, 0.2) is 16.3 Å². The normalized spacial score (nSPS) is 17.5. The van der Waals surface area contributed by atoms with Crippen LogP contribution in [0.4, 0.5) is 0 Å². The van der Waals surface area contributed by atoms with Crippen molar-refractivity contribution in [3.05, 3.63) is 17.0 Å². The molecule has 1 aromatic heterocycles. The molecule has 1 aromatic rings. The smallest absolute Gasteiger partial charge is 0.252 e. The minimum absolute atomic E-state index is 0.177. The number of nitrogens with one attached hydrogen (secondary N) is 1. The summed E-state index contributed by atoms with van der Waals surface area (Å²) >= 11 is 1.41. The van der Waals surface area contributed by atoms with Crippen LogP contribution >= 0.6 is 11.3 Å². The zero-order chi connectivity index (χ0) is 15.3. The number of sulfonamides is 1. The SMILES string of the molecule is CCNCCc1ccc(S(=O)(=O)N(C)C2CCCCC2)s1. The highest BCUT2D eigenvalue weighted by Crippen LogP contribution is 2.29. The predicted octanol–water partition coefficient (Wildman–Crippen LogP) is 2.85. The Bertz CT molecular complexity index is 534. The third kappa shape index (κ3) is 4.28. The van der Waals surface area contributed by atoms with Gasteiger partial charge in [0.2, 0.25) is 0 Å². The lowest BCUT2D eigenvalue weighted by Crippen LogP contribution is -2.37. The zero-order valence-corrected chi connectivity index (χ0v) is 14.6. The van der Waals surface area contributed by atoms with E-state index in [2.05, 4.69) is 12.2 Å². The average Bonchev–Trinajstić information content (AvgIpc) is 2.97. The van der Waals surface area contributed by atoms with Gasteiger partial charge in [-0.2, -0.15) is 4.31 Å². The molecule has 1 saturated carbocycles. The van der Waals surface area contributed by atoms with Crippen molar-refractivity contribution in [2.45, 2.75) is 55.7 Å². The summed E-state index contributed by atoms with van der Waals surface area (Å²) < 4.78 is 27.5. The topological polar surface area (TPSA) is 49.4 Å². The van der Waals surface area contributed by atoms with E-state index in [0.29, 0.717) is 4.21 Å². The van der Waals surface area contributed by atoms with Crippen molar-refractivity contribution in [1.29, 1.82) is 0 Å². The Kier molecular flexibility index (Phi) is 6.22. The van der Waals surface area contributed by atoms with Crippen LogP contribution in [0.2, 0.25) is 0 Å². The second-order valence-corrected chi connectivity index (χ2v) is 9.03. The molecule has 0 bridgehead atoms. The fourth-order valence-corrected chi connectivity index (χ4v) is 5.76. The fourth-order valence-electron chi connectivity index (χ4n) is 2.80. The molecule has 0 spiro atoms.